The molecule has 0 aromatic carbocycles. The van der Waals surface area contributed by atoms with E-state index in [0.29, 0.717) is 51.1 Å². The SMILES string of the molecule is CCOC(=O)N1CCS(=O)(=Nc2cc(N3CCOC[C@H]3C)nc(-c3ccnc4[nH]ccc34)n2)CC1. The molecule has 0 spiro atoms. The molecule has 0 aliphatic carbocycles. The molecular weight excluding hydrogens is 470 g/mol. The number of hydrogen-bond donors (Lipinski definition) is 1. The van der Waals surface area contributed by atoms with Crippen molar-refractivity contribution in [3.63, 3.8) is 0 Å². The summed E-state index contributed by atoms with van der Waals surface area (Å²) in [7, 11) is -2.59. The molecule has 5 heterocycles. The molecule has 1 amide bonds. The smallest absolute Gasteiger partial charge is 0.409 e. The van der Waals surface area contributed by atoms with Gasteiger partial charge in [0.2, 0.25) is 0 Å². The zero-order chi connectivity index (χ0) is 24.4. The fraction of sp³-hybridized carbons (Fsp3) is 0.478. The number of H-pyrrole nitrogens is 1. The number of morpholine rings is 1. The van der Waals surface area contributed by atoms with E-state index in [1.54, 1.807) is 24.1 Å². The quantitative estimate of drug-likeness (QED) is 0.581. The summed E-state index contributed by atoms with van der Waals surface area (Å²) < 4.78 is 28.9. The van der Waals surface area contributed by atoms with Crippen LogP contribution in [0.2, 0.25) is 0 Å². The summed E-state index contributed by atoms with van der Waals surface area (Å²) in [5.74, 6) is 2.13. The lowest BCUT2D eigenvalue weighted by Gasteiger charge is -2.34. The Labute approximate surface area is 204 Å². The molecule has 11 nitrogen and oxygen atoms in total. The third-order valence-electron chi connectivity index (χ3n) is 6.21. The van der Waals surface area contributed by atoms with Crippen LogP contribution in [0, 0.1) is 0 Å². The number of hydrogen-bond acceptors (Lipinski definition) is 9. The van der Waals surface area contributed by atoms with Gasteiger partial charge in [-0.15, -0.1) is 0 Å². The van der Waals surface area contributed by atoms with Gasteiger partial charge in [-0.25, -0.2) is 24.0 Å². The number of rotatable bonds is 4. The Hall–Kier alpha value is -3.25. The van der Waals surface area contributed by atoms with Gasteiger partial charge in [0.15, 0.2) is 11.6 Å². The van der Waals surface area contributed by atoms with E-state index >= 15 is 0 Å². The highest BCUT2D eigenvalue weighted by Crippen LogP contribution is 2.30. The van der Waals surface area contributed by atoms with Gasteiger partial charge in [0.25, 0.3) is 0 Å². The second-order valence-electron chi connectivity index (χ2n) is 8.58. The first-order valence-electron chi connectivity index (χ1n) is 11.8. The molecule has 35 heavy (non-hydrogen) atoms. The molecule has 5 rings (SSSR count). The van der Waals surface area contributed by atoms with Crippen molar-refractivity contribution in [3.05, 3.63) is 30.6 Å². The van der Waals surface area contributed by atoms with E-state index in [1.165, 1.54) is 0 Å². The van der Waals surface area contributed by atoms with Crippen LogP contribution in [-0.4, -0.2) is 92.1 Å². The lowest BCUT2D eigenvalue weighted by Crippen LogP contribution is -2.44. The summed E-state index contributed by atoms with van der Waals surface area (Å²) >= 11 is 0. The van der Waals surface area contributed by atoms with Crippen LogP contribution >= 0.6 is 0 Å². The van der Waals surface area contributed by atoms with Crippen molar-refractivity contribution in [1.29, 1.82) is 0 Å². The fourth-order valence-corrected chi connectivity index (χ4v) is 6.17. The average Bonchev–Trinajstić information content (AvgIpc) is 3.33. The Balaban J connectivity index is 1.54. The number of aromatic amines is 1. The second-order valence-corrected chi connectivity index (χ2v) is 11.1. The van der Waals surface area contributed by atoms with E-state index in [4.69, 9.17) is 19.4 Å². The Morgan fingerprint density at radius 3 is 2.89 bits per heavy atom. The molecule has 0 radical (unpaired) electrons. The molecule has 12 heteroatoms. The minimum absolute atomic E-state index is 0.130. The molecule has 0 saturated carbocycles. The largest absolute Gasteiger partial charge is 0.450 e. The molecule has 0 bridgehead atoms. The van der Waals surface area contributed by atoms with Crippen LogP contribution in [0.4, 0.5) is 16.4 Å². The number of anilines is 1. The maximum Gasteiger partial charge on any atom is 0.409 e. The van der Waals surface area contributed by atoms with Gasteiger partial charge in [0, 0.05) is 49.0 Å². The standard InChI is InChI=1S/C23H29N7O4S/c1-3-34-23(31)29-9-12-35(32,13-10-29)28-19-14-20(30-8-11-33-15-16(30)2)27-22(26-19)18-5-7-25-21-17(18)4-6-24-21/h4-7,14,16H,3,8-13,15H2,1-2H3,(H,24,25)/t16-/m1/s1. The van der Waals surface area contributed by atoms with Crippen LogP contribution in [0.15, 0.2) is 35.0 Å². The zero-order valence-electron chi connectivity index (χ0n) is 19.8. The number of ether oxygens (including phenoxy) is 2. The van der Waals surface area contributed by atoms with E-state index in [-0.39, 0.29) is 23.6 Å². The number of nitrogens with one attached hydrogen (secondary N) is 1. The summed E-state index contributed by atoms with van der Waals surface area (Å²) in [5, 5.41) is 0.901. The van der Waals surface area contributed by atoms with Crippen LogP contribution in [0.3, 0.4) is 0 Å². The van der Waals surface area contributed by atoms with Gasteiger partial charge in [-0.3, -0.25) is 0 Å². The molecule has 186 valence electrons. The number of carbonyl (C=O) groups excluding carboxylic acids is 1. The highest BCUT2D eigenvalue weighted by molar-refractivity contribution is 7.93. The molecule has 2 fully saturated rings. The van der Waals surface area contributed by atoms with Gasteiger partial charge in [-0.05, 0) is 26.0 Å². The topological polar surface area (TPSA) is 126 Å². The molecule has 3 aromatic rings. The molecule has 1 atom stereocenters. The van der Waals surface area contributed by atoms with E-state index in [0.717, 1.165) is 22.4 Å². The van der Waals surface area contributed by atoms with Crippen LogP contribution in [0.25, 0.3) is 22.4 Å². The average molecular weight is 500 g/mol. The van der Waals surface area contributed by atoms with Crippen molar-refractivity contribution in [1.82, 2.24) is 24.8 Å². The number of nitrogens with zero attached hydrogens (tertiary/aromatic N) is 6. The van der Waals surface area contributed by atoms with Gasteiger partial charge in [-0.1, -0.05) is 0 Å². The Kier molecular flexibility index (Phi) is 6.56. The predicted molar refractivity (Wildman–Crippen MR) is 133 cm³/mol. The minimum atomic E-state index is -2.59. The Morgan fingerprint density at radius 1 is 1.29 bits per heavy atom. The first-order chi connectivity index (χ1) is 17.0. The summed E-state index contributed by atoms with van der Waals surface area (Å²) in [6, 6.07) is 5.74. The maximum absolute atomic E-state index is 13.6. The molecule has 0 unspecified atom stereocenters. The minimum Gasteiger partial charge on any atom is -0.450 e. The highest BCUT2D eigenvalue weighted by Gasteiger charge is 2.26. The summed E-state index contributed by atoms with van der Waals surface area (Å²) in [5.41, 5.74) is 1.56. The zero-order valence-corrected chi connectivity index (χ0v) is 20.7. The number of amides is 1. The van der Waals surface area contributed by atoms with Gasteiger partial charge in [0.05, 0.1) is 47.1 Å². The van der Waals surface area contributed by atoms with Crippen LogP contribution in [0.5, 0.6) is 0 Å². The first kappa shape index (κ1) is 23.5. The van der Waals surface area contributed by atoms with Crippen molar-refractivity contribution in [3.8, 4) is 11.4 Å². The number of carbonyl (C=O) groups is 1. The Morgan fingerprint density at radius 2 is 2.11 bits per heavy atom. The predicted octanol–water partition coefficient (Wildman–Crippen LogP) is 2.82. The van der Waals surface area contributed by atoms with Gasteiger partial charge in [0.1, 0.15) is 11.5 Å². The number of fused-ring (bicyclic) bond motifs is 1. The normalized spacial score (nSPS) is 20.1. The van der Waals surface area contributed by atoms with Crippen LogP contribution in [0.1, 0.15) is 13.8 Å². The Bertz CT molecular complexity index is 1340. The summed E-state index contributed by atoms with van der Waals surface area (Å²) in [6.07, 6.45) is 3.16. The first-order valence-corrected chi connectivity index (χ1v) is 13.6. The van der Waals surface area contributed by atoms with E-state index in [1.807, 2.05) is 18.3 Å². The van der Waals surface area contributed by atoms with Gasteiger partial charge < -0.3 is 24.3 Å². The molecule has 2 aliphatic rings. The van der Waals surface area contributed by atoms with E-state index in [9.17, 15) is 9.00 Å². The fourth-order valence-electron chi connectivity index (χ4n) is 4.34. The molecule has 2 aliphatic heterocycles. The van der Waals surface area contributed by atoms with E-state index < -0.39 is 9.73 Å². The van der Waals surface area contributed by atoms with Gasteiger partial charge in [-0.2, -0.15) is 4.36 Å². The maximum atomic E-state index is 13.6. The van der Waals surface area contributed by atoms with E-state index in [2.05, 4.69) is 26.2 Å². The molecule has 1 N–H and O–H groups in total. The summed E-state index contributed by atoms with van der Waals surface area (Å²) in [4.78, 5) is 32.9. The monoisotopic (exact) mass is 499 g/mol. The van der Waals surface area contributed by atoms with Crippen molar-refractivity contribution in [2.75, 3.05) is 55.9 Å². The molecular formula is C23H29N7O4S. The van der Waals surface area contributed by atoms with Crippen molar-refractivity contribution < 1.29 is 18.5 Å². The number of aromatic nitrogens is 4. The lowest BCUT2D eigenvalue weighted by atomic mass is 10.1. The van der Waals surface area contributed by atoms with Crippen molar-refractivity contribution in [2.24, 2.45) is 4.36 Å². The van der Waals surface area contributed by atoms with Crippen molar-refractivity contribution in [2.45, 2.75) is 19.9 Å². The summed E-state index contributed by atoms with van der Waals surface area (Å²) in [6.45, 7) is 6.73. The van der Waals surface area contributed by atoms with Crippen LogP contribution in [-0.2, 0) is 19.2 Å². The molecule has 3 aromatic heterocycles. The third kappa shape index (κ3) is 4.94. The lowest BCUT2D eigenvalue weighted by molar-refractivity contribution is 0.0985. The highest BCUT2D eigenvalue weighted by atomic mass is 32.2. The van der Waals surface area contributed by atoms with Crippen LogP contribution < -0.4 is 4.90 Å². The molecule has 2 saturated heterocycles. The van der Waals surface area contributed by atoms with Gasteiger partial charge >= 0.3 is 6.09 Å². The number of pyridine rings is 1. The third-order valence-corrected chi connectivity index (χ3v) is 8.37. The van der Waals surface area contributed by atoms with Crippen molar-refractivity contribution >= 4 is 38.5 Å². The second kappa shape index (κ2) is 9.78.